The van der Waals surface area contributed by atoms with Crippen LogP contribution in [-0.2, 0) is 11.8 Å². The standard InChI is InChI=1S/C19H19F6N5O/c1-10-3-4-11(17(31,5-6-27-2)19(23,24)25)7-12(10)13-8-28-16-15(26)29-14(9-30(13)16)18(20,21)22/h3-4,7-9,27,31H,5-6H2,1-2H3,(H2,26,29)/t17-/m0/s1. The van der Waals surface area contributed by atoms with Crippen LogP contribution < -0.4 is 11.1 Å². The summed E-state index contributed by atoms with van der Waals surface area (Å²) in [6.45, 7) is 1.46. The number of nitrogens with two attached hydrogens (primary N) is 1. The quantitative estimate of drug-likeness (QED) is 0.520. The molecule has 0 spiro atoms. The molecule has 0 aliphatic rings. The van der Waals surface area contributed by atoms with Crippen LogP contribution in [0.3, 0.4) is 0 Å². The molecule has 31 heavy (non-hydrogen) atoms. The highest BCUT2D eigenvalue weighted by Crippen LogP contribution is 2.43. The van der Waals surface area contributed by atoms with E-state index >= 15 is 0 Å². The van der Waals surface area contributed by atoms with Gasteiger partial charge in [-0.2, -0.15) is 26.3 Å². The molecule has 2 heterocycles. The lowest BCUT2D eigenvalue weighted by Crippen LogP contribution is -2.44. The first-order chi connectivity index (χ1) is 14.3. The topological polar surface area (TPSA) is 88.5 Å². The smallest absolute Gasteiger partial charge is 0.381 e. The molecular formula is C19H19F6N5O. The van der Waals surface area contributed by atoms with Gasteiger partial charge >= 0.3 is 12.4 Å². The Labute approximate surface area is 172 Å². The average Bonchev–Trinajstić information content (AvgIpc) is 3.09. The molecule has 0 aliphatic carbocycles. The van der Waals surface area contributed by atoms with Crippen molar-refractivity contribution in [1.82, 2.24) is 19.7 Å². The molecule has 12 heteroatoms. The van der Waals surface area contributed by atoms with Gasteiger partial charge in [0.2, 0.25) is 0 Å². The highest BCUT2D eigenvalue weighted by atomic mass is 19.4. The zero-order valence-corrected chi connectivity index (χ0v) is 16.4. The van der Waals surface area contributed by atoms with Gasteiger partial charge in [-0.1, -0.05) is 12.1 Å². The Bertz CT molecular complexity index is 1110. The second-order valence-corrected chi connectivity index (χ2v) is 7.09. The molecule has 0 radical (unpaired) electrons. The van der Waals surface area contributed by atoms with Crippen molar-refractivity contribution in [3.05, 3.63) is 47.4 Å². The fourth-order valence-electron chi connectivity index (χ4n) is 3.26. The number of imidazole rings is 1. The van der Waals surface area contributed by atoms with Crippen LogP contribution in [0.4, 0.5) is 32.2 Å². The van der Waals surface area contributed by atoms with Gasteiger partial charge in [0, 0.05) is 18.2 Å². The molecular weight excluding hydrogens is 428 g/mol. The van der Waals surface area contributed by atoms with Crippen LogP contribution in [0.25, 0.3) is 16.9 Å². The van der Waals surface area contributed by atoms with E-state index in [0.717, 1.165) is 16.5 Å². The van der Waals surface area contributed by atoms with Crippen LogP contribution >= 0.6 is 0 Å². The molecule has 3 rings (SSSR count). The lowest BCUT2D eigenvalue weighted by Gasteiger charge is -2.31. The van der Waals surface area contributed by atoms with Crippen molar-refractivity contribution in [2.24, 2.45) is 0 Å². The van der Waals surface area contributed by atoms with E-state index in [1.807, 2.05) is 0 Å². The maximum Gasteiger partial charge on any atom is 0.434 e. The van der Waals surface area contributed by atoms with Gasteiger partial charge in [0.25, 0.3) is 0 Å². The first kappa shape index (κ1) is 22.8. The van der Waals surface area contributed by atoms with Crippen molar-refractivity contribution >= 4 is 11.5 Å². The van der Waals surface area contributed by atoms with Crippen LogP contribution in [0.2, 0.25) is 0 Å². The minimum absolute atomic E-state index is 0.0749. The number of nitrogen functional groups attached to an aromatic ring is 1. The van der Waals surface area contributed by atoms with Gasteiger partial charge in [-0.25, -0.2) is 9.97 Å². The summed E-state index contributed by atoms with van der Waals surface area (Å²) < 4.78 is 81.7. The third-order valence-corrected chi connectivity index (χ3v) is 5.01. The van der Waals surface area contributed by atoms with Crippen LogP contribution in [0.15, 0.2) is 30.6 Å². The largest absolute Gasteiger partial charge is 0.434 e. The van der Waals surface area contributed by atoms with Crippen molar-refractivity contribution in [2.75, 3.05) is 19.3 Å². The molecule has 0 saturated heterocycles. The van der Waals surface area contributed by atoms with Crippen molar-refractivity contribution in [2.45, 2.75) is 31.3 Å². The monoisotopic (exact) mass is 447 g/mol. The molecule has 1 aromatic carbocycles. The predicted molar refractivity (Wildman–Crippen MR) is 101 cm³/mol. The number of hydrogen-bond donors (Lipinski definition) is 3. The Hall–Kier alpha value is -2.86. The fraction of sp³-hybridized carbons (Fsp3) is 0.368. The van der Waals surface area contributed by atoms with E-state index in [9.17, 15) is 31.4 Å². The molecule has 6 nitrogen and oxygen atoms in total. The molecule has 3 aromatic rings. The Balaban J connectivity index is 2.23. The zero-order chi connectivity index (χ0) is 23.2. The number of fused-ring (bicyclic) bond motifs is 1. The summed E-state index contributed by atoms with van der Waals surface area (Å²) >= 11 is 0. The van der Waals surface area contributed by atoms with E-state index in [-0.39, 0.29) is 23.4 Å². The number of alkyl halides is 6. The average molecular weight is 447 g/mol. The van der Waals surface area contributed by atoms with Gasteiger partial charge in [0.15, 0.2) is 22.8 Å². The number of anilines is 1. The summed E-state index contributed by atoms with van der Waals surface area (Å²) in [4.78, 5) is 7.26. The second kappa shape index (κ2) is 7.68. The van der Waals surface area contributed by atoms with Crippen LogP contribution in [0.5, 0.6) is 0 Å². The third kappa shape index (κ3) is 4.04. The summed E-state index contributed by atoms with van der Waals surface area (Å²) in [5.74, 6) is -0.476. The SMILES string of the molecule is CNCC[C@](O)(c1ccc(C)c(-c2cnc3c(N)nc(C(F)(F)F)cn23)c1)C(F)(F)F. The van der Waals surface area contributed by atoms with Gasteiger partial charge in [0.1, 0.15) is 0 Å². The van der Waals surface area contributed by atoms with Gasteiger partial charge in [-0.15, -0.1) is 0 Å². The van der Waals surface area contributed by atoms with E-state index in [2.05, 4.69) is 15.3 Å². The number of aryl methyl sites for hydroxylation is 1. The molecule has 2 aromatic heterocycles. The van der Waals surface area contributed by atoms with Crippen LogP contribution in [-0.4, -0.2) is 39.2 Å². The van der Waals surface area contributed by atoms with E-state index in [0.29, 0.717) is 11.8 Å². The predicted octanol–water partition coefficient (Wildman–Crippen LogP) is 3.67. The van der Waals surface area contributed by atoms with Crippen molar-refractivity contribution in [1.29, 1.82) is 0 Å². The highest BCUT2D eigenvalue weighted by Gasteiger charge is 2.54. The number of benzene rings is 1. The van der Waals surface area contributed by atoms with E-state index < -0.39 is 41.4 Å². The zero-order valence-electron chi connectivity index (χ0n) is 16.4. The lowest BCUT2D eigenvalue weighted by atomic mass is 9.87. The normalized spacial score (nSPS) is 14.7. The van der Waals surface area contributed by atoms with Crippen molar-refractivity contribution in [3.63, 3.8) is 0 Å². The first-order valence-corrected chi connectivity index (χ1v) is 9.05. The molecule has 0 amide bonds. The summed E-state index contributed by atoms with van der Waals surface area (Å²) in [5, 5.41) is 13.1. The van der Waals surface area contributed by atoms with Gasteiger partial charge in [-0.05, 0) is 37.7 Å². The molecule has 0 saturated carbocycles. The summed E-state index contributed by atoms with van der Waals surface area (Å²) in [6, 6.07) is 3.60. The molecule has 4 N–H and O–H groups in total. The van der Waals surface area contributed by atoms with Crippen molar-refractivity contribution in [3.8, 4) is 11.3 Å². The number of nitrogens with one attached hydrogen (secondary N) is 1. The number of rotatable bonds is 5. The number of hydrogen-bond acceptors (Lipinski definition) is 5. The van der Waals surface area contributed by atoms with Gasteiger partial charge < -0.3 is 16.2 Å². The maximum atomic E-state index is 13.7. The number of halogens is 6. The summed E-state index contributed by atoms with van der Waals surface area (Å²) in [6.07, 6.45) is -8.55. The number of nitrogens with zero attached hydrogens (tertiary/aromatic N) is 3. The number of aromatic nitrogens is 3. The fourth-order valence-corrected chi connectivity index (χ4v) is 3.26. The molecule has 168 valence electrons. The van der Waals surface area contributed by atoms with Gasteiger partial charge in [-0.3, -0.25) is 4.40 Å². The summed E-state index contributed by atoms with van der Waals surface area (Å²) in [5.41, 5.74) is 1.36. The van der Waals surface area contributed by atoms with Gasteiger partial charge in [0.05, 0.1) is 11.9 Å². The Morgan fingerprint density at radius 3 is 2.42 bits per heavy atom. The molecule has 0 unspecified atom stereocenters. The Morgan fingerprint density at radius 1 is 1.16 bits per heavy atom. The minimum Gasteiger partial charge on any atom is -0.381 e. The van der Waals surface area contributed by atoms with Crippen LogP contribution in [0.1, 0.15) is 23.2 Å². The minimum atomic E-state index is -4.98. The molecule has 0 fully saturated rings. The molecule has 0 bridgehead atoms. The lowest BCUT2D eigenvalue weighted by molar-refractivity contribution is -0.268. The Morgan fingerprint density at radius 2 is 1.84 bits per heavy atom. The summed E-state index contributed by atoms with van der Waals surface area (Å²) in [7, 11) is 1.45. The third-order valence-electron chi connectivity index (χ3n) is 5.01. The maximum absolute atomic E-state index is 13.7. The van der Waals surface area contributed by atoms with Crippen molar-refractivity contribution < 1.29 is 31.4 Å². The number of aliphatic hydroxyl groups is 1. The first-order valence-electron chi connectivity index (χ1n) is 9.05. The van der Waals surface area contributed by atoms with E-state index in [1.165, 1.54) is 19.3 Å². The molecule has 1 atom stereocenters. The van der Waals surface area contributed by atoms with Crippen LogP contribution in [0, 0.1) is 6.92 Å². The van der Waals surface area contributed by atoms with E-state index in [1.54, 1.807) is 6.92 Å². The second-order valence-electron chi connectivity index (χ2n) is 7.09. The highest BCUT2D eigenvalue weighted by molar-refractivity contribution is 5.72. The Kier molecular flexibility index (Phi) is 5.65. The molecule has 0 aliphatic heterocycles. The van der Waals surface area contributed by atoms with E-state index in [4.69, 9.17) is 5.73 Å².